The van der Waals surface area contributed by atoms with Crippen LogP contribution in [-0.2, 0) is 19.1 Å². The van der Waals surface area contributed by atoms with E-state index in [9.17, 15) is 9.59 Å². The number of ether oxygens (including phenoxy) is 2. The lowest BCUT2D eigenvalue weighted by Gasteiger charge is -2.09. The maximum Gasteiger partial charge on any atom is 0.322 e. The summed E-state index contributed by atoms with van der Waals surface area (Å²) in [6.07, 6.45) is 2.33. The maximum absolute atomic E-state index is 11.1. The SMILES string of the molecule is CCOC(=O)CCCC[C@H](N)C(=O)OCC. The molecule has 1 atom stereocenters. The first-order valence-corrected chi connectivity index (χ1v) is 5.69. The van der Waals surface area contributed by atoms with Gasteiger partial charge in [-0.25, -0.2) is 0 Å². The van der Waals surface area contributed by atoms with Crippen LogP contribution < -0.4 is 5.73 Å². The Labute approximate surface area is 96.3 Å². The molecule has 0 heterocycles. The van der Waals surface area contributed by atoms with Gasteiger partial charge < -0.3 is 15.2 Å². The maximum atomic E-state index is 11.1. The lowest BCUT2D eigenvalue weighted by molar-refractivity contribution is -0.144. The average molecular weight is 231 g/mol. The van der Waals surface area contributed by atoms with Gasteiger partial charge in [0.1, 0.15) is 6.04 Å². The molecule has 0 aromatic heterocycles. The van der Waals surface area contributed by atoms with Crippen molar-refractivity contribution in [2.24, 2.45) is 5.73 Å². The van der Waals surface area contributed by atoms with Gasteiger partial charge >= 0.3 is 11.9 Å². The Hall–Kier alpha value is -1.10. The van der Waals surface area contributed by atoms with E-state index in [4.69, 9.17) is 15.2 Å². The van der Waals surface area contributed by atoms with Crippen molar-refractivity contribution >= 4 is 11.9 Å². The molecule has 0 unspecified atom stereocenters. The third-order valence-corrected chi connectivity index (χ3v) is 2.04. The van der Waals surface area contributed by atoms with E-state index < -0.39 is 6.04 Å². The number of esters is 2. The van der Waals surface area contributed by atoms with Gasteiger partial charge in [0.2, 0.25) is 0 Å². The molecule has 94 valence electrons. The molecule has 5 nitrogen and oxygen atoms in total. The molecule has 0 aromatic carbocycles. The largest absolute Gasteiger partial charge is 0.466 e. The molecule has 0 aromatic rings. The quantitative estimate of drug-likeness (QED) is 0.498. The molecule has 0 saturated carbocycles. The van der Waals surface area contributed by atoms with E-state index in [0.717, 1.165) is 6.42 Å². The second-order valence-electron chi connectivity index (χ2n) is 3.41. The summed E-state index contributed by atoms with van der Waals surface area (Å²) < 4.78 is 9.54. The highest BCUT2D eigenvalue weighted by Gasteiger charge is 2.13. The van der Waals surface area contributed by atoms with Crippen LogP contribution in [0.2, 0.25) is 0 Å². The van der Waals surface area contributed by atoms with Crippen LogP contribution in [0.1, 0.15) is 39.5 Å². The van der Waals surface area contributed by atoms with Gasteiger partial charge in [-0.1, -0.05) is 6.42 Å². The number of rotatable bonds is 8. The predicted octanol–water partition coefficient (Wildman–Crippen LogP) is 1.00. The highest BCUT2D eigenvalue weighted by atomic mass is 16.5. The van der Waals surface area contributed by atoms with Crippen molar-refractivity contribution in [3.63, 3.8) is 0 Å². The lowest BCUT2D eigenvalue weighted by Crippen LogP contribution is -2.32. The van der Waals surface area contributed by atoms with Crippen LogP contribution in [-0.4, -0.2) is 31.2 Å². The molecule has 0 radical (unpaired) electrons. The molecule has 0 fully saturated rings. The molecule has 16 heavy (non-hydrogen) atoms. The zero-order valence-corrected chi connectivity index (χ0v) is 10.0. The standard InChI is InChI=1S/C11H21NO4/c1-3-15-10(13)8-6-5-7-9(12)11(14)16-4-2/h9H,3-8,12H2,1-2H3/t9-/m0/s1. The monoisotopic (exact) mass is 231 g/mol. The second-order valence-corrected chi connectivity index (χ2v) is 3.41. The van der Waals surface area contributed by atoms with E-state index in [-0.39, 0.29) is 11.9 Å². The van der Waals surface area contributed by atoms with E-state index in [2.05, 4.69) is 0 Å². The van der Waals surface area contributed by atoms with Crippen molar-refractivity contribution in [1.29, 1.82) is 0 Å². The molecular weight excluding hydrogens is 210 g/mol. The predicted molar refractivity (Wildman–Crippen MR) is 59.7 cm³/mol. The highest BCUT2D eigenvalue weighted by Crippen LogP contribution is 2.04. The summed E-state index contributed by atoms with van der Waals surface area (Å²) in [6.45, 7) is 4.26. The number of carbonyl (C=O) groups excluding carboxylic acids is 2. The van der Waals surface area contributed by atoms with Gasteiger partial charge in [-0.3, -0.25) is 9.59 Å². The number of carbonyl (C=O) groups is 2. The van der Waals surface area contributed by atoms with Crippen LogP contribution in [0.25, 0.3) is 0 Å². The summed E-state index contributed by atoms with van der Waals surface area (Å²) in [5.41, 5.74) is 5.59. The summed E-state index contributed by atoms with van der Waals surface area (Å²) in [5, 5.41) is 0. The summed E-state index contributed by atoms with van der Waals surface area (Å²) in [5.74, 6) is -0.578. The normalized spacial score (nSPS) is 11.9. The van der Waals surface area contributed by atoms with E-state index in [1.54, 1.807) is 13.8 Å². The summed E-state index contributed by atoms with van der Waals surface area (Å²) >= 11 is 0. The van der Waals surface area contributed by atoms with E-state index in [1.807, 2.05) is 0 Å². The molecule has 0 saturated heterocycles. The van der Waals surface area contributed by atoms with Crippen molar-refractivity contribution in [3.05, 3.63) is 0 Å². The van der Waals surface area contributed by atoms with E-state index in [0.29, 0.717) is 32.5 Å². The number of nitrogens with two attached hydrogens (primary N) is 1. The Morgan fingerprint density at radius 2 is 1.75 bits per heavy atom. The van der Waals surface area contributed by atoms with Crippen LogP contribution in [0, 0.1) is 0 Å². The van der Waals surface area contributed by atoms with Crippen molar-refractivity contribution in [3.8, 4) is 0 Å². The Kier molecular flexibility index (Phi) is 8.52. The summed E-state index contributed by atoms with van der Waals surface area (Å²) in [4.78, 5) is 22.1. The number of unbranched alkanes of at least 4 members (excludes halogenated alkanes) is 1. The fraction of sp³-hybridized carbons (Fsp3) is 0.818. The topological polar surface area (TPSA) is 78.6 Å². The lowest BCUT2D eigenvalue weighted by atomic mass is 10.1. The average Bonchev–Trinajstić information content (AvgIpc) is 2.24. The molecule has 0 aliphatic heterocycles. The van der Waals surface area contributed by atoms with Crippen LogP contribution >= 0.6 is 0 Å². The molecule has 0 aliphatic rings. The molecule has 2 N–H and O–H groups in total. The fourth-order valence-corrected chi connectivity index (χ4v) is 1.23. The van der Waals surface area contributed by atoms with Crippen molar-refractivity contribution in [2.45, 2.75) is 45.6 Å². The van der Waals surface area contributed by atoms with Gasteiger partial charge in [-0.05, 0) is 26.7 Å². The summed E-state index contributed by atoms with van der Waals surface area (Å²) in [6, 6.07) is -0.581. The van der Waals surface area contributed by atoms with Gasteiger partial charge in [0.05, 0.1) is 13.2 Å². The molecule has 0 amide bonds. The van der Waals surface area contributed by atoms with Gasteiger partial charge in [0, 0.05) is 6.42 Å². The first kappa shape index (κ1) is 14.9. The van der Waals surface area contributed by atoms with Crippen LogP contribution in [0.4, 0.5) is 0 Å². The zero-order valence-electron chi connectivity index (χ0n) is 10.0. The molecule has 0 rings (SSSR count). The van der Waals surface area contributed by atoms with Gasteiger partial charge in [0.25, 0.3) is 0 Å². The van der Waals surface area contributed by atoms with Gasteiger partial charge in [-0.15, -0.1) is 0 Å². The second kappa shape index (κ2) is 9.15. The van der Waals surface area contributed by atoms with Crippen LogP contribution in [0.15, 0.2) is 0 Å². The first-order valence-electron chi connectivity index (χ1n) is 5.69. The zero-order chi connectivity index (χ0) is 12.4. The smallest absolute Gasteiger partial charge is 0.322 e. The Balaban J connectivity index is 3.51. The van der Waals surface area contributed by atoms with Crippen molar-refractivity contribution < 1.29 is 19.1 Å². The summed E-state index contributed by atoms with van der Waals surface area (Å²) in [7, 11) is 0. The molecular formula is C11H21NO4. The minimum Gasteiger partial charge on any atom is -0.466 e. The van der Waals surface area contributed by atoms with Gasteiger partial charge in [-0.2, -0.15) is 0 Å². The Bertz CT molecular complexity index is 218. The van der Waals surface area contributed by atoms with E-state index >= 15 is 0 Å². The third-order valence-electron chi connectivity index (χ3n) is 2.04. The molecule has 0 spiro atoms. The van der Waals surface area contributed by atoms with Crippen molar-refractivity contribution in [1.82, 2.24) is 0 Å². The minimum atomic E-state index is -0.581. The fourth-order valence-electron chi connectivity index (χ4n) is 1.23. The molecule has 0 bridgehead atoms. The first-order chi connectivity index (χ1) is 7.61. The van der Waals surface area contributed by atoms with Crippen LogP contribution in [0.3, 0.4) is 0 Å². The van der Waals surface area contributed by atoms with Crippen molar-refractivity contribution in [2.75, 3.05) is 13.2 Å². The Morgan fingerprint density at radius 3 is 2.31 bits per heavy atom. The highest BCUT2D eigenvalue weighted by molar-refractivity contribution is 5.75. The van der Waals surface area contributed by atoms with Crippen LogP contribution in [0.5, 0.6) is 0 Å². The number of hydrogen-bond donors (Lipinski definition) is 1. The number of hydrogen-bond acceptors (Lipinski definition) is 5. The molecule has 0 aliphatic carbocycles. The van der Waals surface area contributed by atoms with Gasteiger partial charge in [0.15, 0.2) is 0 Å². The third kappa shape index (κ3) is 7.23. The molecule has 5 heteroatoms. The minimum absolute atomic E-state index is 0.202. The Morgan fingerprint density at radius 1 is 1.12 bits per heavy atom. The van der Waals surface area contributed by atoms with E-state index in [1.165, 1.54) is 0 Å².